The smallest absolute Gasteiger partial charge is 0.0589 e. The van der Waals surface area contributed by atoms with Gasteiger partial charge in [0.15, 0.2) is 0 Å². The average molecular weight is 270 g/mol. The maximum absolute atomic E-state index is 6.22. The first-order valence-corrected chi connectivity index (χ1v) is 6.61. The van der Waals surface area contributed by atoms with E-state index in [9.17, 15) is 0 Å². The molecule has 0 radical (unpaired) electrons. The molecule has 1 aromatic rings. The van der Waals surface area contributed by atoms with Crippen molar-refractivity contribution >= 4 is 0 Å². The van der Waals surface area contributed by atoms with Gasteiger partial charge in [-0.2, -0.15) is 5.10 Å². The lowest BCUT2D eigenvalue weighted by molar-refractivity contribution is 0.129. The Morgan fingerprint density at radius 2 is 2.05 bits per heavy atom. The van der Waals surface area contributed by atoms with Crippen LogP contribution in [0.2, 0.25) is 0 Å². The zero-order chi connectivity index (χ0) is 14.1. The molecular weight excluding hydrogens is 244 g/mol. The highest BCUT2D eigenvalue weighted by molar-refractivity contribution is 5.09. The molecule has 1 unspecified atom stereocenters. The van der Waals surface area contributed by atoms with Gasteiger partial charge in [0.25, 0.3) is 0 Å². The van der Waals surface area contributed by atoms with E-state index < -0.39 is 0 Å². The number of nitrogens with zero attached hydrogens (tertiary/aromatic N) is 3. The molecule has 0 aliphatic rings. The number of nitrogens with two attached hydrogens (primary N) is 1. The molecule has 0 aliphatic heterocycles. The topological polar surface area (TPSA) is 65.5 Å². The van der Waals surface area contributed by atoms with Crippen LogP contribution in [0.25, 0.3) is 0 Å². The molecule has 0 spiro atoms. The molecule has 1 aromatic heterocycles. The monoisotopic (exact) mass is 270 g/mol. The number of hydrogen-bond acceptors (Lipinski definition) is 5. The molecule has 0 fully saturated rings. The predicted octanol–water partition coefficient (Wildman–Crippen LogP) is 0.405. The molecule has 0 aromatic carbocycles. The van der Waals surface area contributed by atoms with Gasteiger partial charge in [0.1, 0.15) is 0 Å². The number of aryl methyl sites for hydroxylation is 1. The van der Waals surface area contributed by atoms with Crippen LogP contribution in [0.3, 0.4) is 0 Å². The first-order chi connectivity index (χ1) is 9.17. The summed E-state index contributed by atoms with van der Waals surface area (Å²) in [6, 6.07) is -0.0203. The van der Waals surface area contributed by atoms with Crippen molar-refractivity contribution < 1.29 is 9.47 Å². The van der Waals surface area contributed by atoms with E-state index in [4.69, 9.17) is 15.2 Å². The fraction of sp³-hybridized carbons (Fsp3) is 0.769. The second-order valence-corrected chi connectivity index (χ2v) is 4.69. The lowest BCUT2D eigenvalue weighted by atomic mass is 10.1. The Morgan fingerprint density at radius 3 is 2.63 bits per heavy atom. The molecule has 6 heteroatoms. The van der Waals surface area contributed by atoms with Crippen molar-refractivity contribution in [2.45, 2.75) is 12.5 Å². The summed E-state index contributed by atoms with van der Waals surface area (Å²) in [5, 5.41) is 4.16. The van der Waals surface area contributed by atoms with E-state index in [0.717, 1.165) is 38.2 Å². The Balaban J connectivity index is 2.45. The molecule has 0 saturated carbocycles. The number of hydrogen-bond donors (Lipinski definition) is 1. The summed E-state index contributed by atoms with van der Waals surface area (Å²) in [5.74, 6) is 0. The van der Waals surface area contributed by atoms with Crippen molar-refractivity contribution in [2.24, 2.45) is 12.8 Å². The number of rotatable bonds is 10. The summed E-state index contributed by atoms with van der Waals surface area (Å²) in [5.41, 5.74) is 7.28. The van der Waals surface area contributed by atoms with E-state index in [-0.39, 0.29) is 6.04 Å². The molecule has 6 nitrogen and oxygen atoms in total. The molecule has 19 heavy (non-hydrogen) atoms. The molecule has 0 saturated heterocycles. The normalized spacial score (nSPS) is 13.1. The van der Waals surface area contributed by atoms with Crippen molar-refractivity contribution in [3.63, 3.8) is 0 Å². The predicted molar refractivity (Wildman–Crippen MR) is 74.9 cm³/mol. The van der Waals surface area contributed by atoms with Gasteiger partial charge in [-0.1, -0.05) is 0 Å². The Labute approximate surface area is 115 Å². The summed E-state index contributed by atoms with van der Waals surface area (Å²) >= 11 is 0. The third-order valence-electron chi connectivity index (χ3n) is 3.04. The molecule has 1 heterocycles. The quantitative estimate of drug-likeness (QED) is 0.624. The molecule has 2 N–H and O–H groups in total. The minimum atomic E-state index is -0.0203. The molecule has 1 atom stereocenters. The van der Waals surface area contributed by atoms with Gasteiger partial charge in [-0.25, -0.2) is 0 Å². The van der Waals surface area contributed by atoms with Crippen molar-refractivity contribution in [3.8, 4) is 0 Å². The maximum Gasteiger partial charge on any atom is 0.0589 e. The van der Waals surface area contributed by atoms with E-state index in [1.807, 2.05) is 19.4 Å². The van der Waals surface area contributed by atoms with Gasteiger partial charge in [-0.15, -0.1) is 0 Å². The summed E-state index contributed by atoms with van der Waals surface area (Å²) in [7, 11) is 5.34. The van der Waals surface area contributed by atoms with Crippen LogP contribution >= 0.6 is 0 Å². The van der Waals surface area contributed by atoms with Crippen molar-refractivity contribution in [3.05, 3.63) is 18.0 Å². The van der Waals surface area contributed by atoms with Gasteiger partial charge in [-0.3, -0.25) is 9.58 Å². The second kappa shape index (κ2) is 9.03. The van der Waals surface area contributed by atoms with Gasteiger partial charge >= 0.3 is 0 Å². The lowest BCUT2D eigenvalue weighted by Gasteiger charge is -2.24. The lowest BCUT2D eigenvalue weighted by Crippen LogP contribution is -2.35. The third-order valence-corrected chi connectivity index (χ3v) is 3.04. The summed E-state index contributed by atoms with van der Waals surface area (Å²) in [6.07, 6.45) is 4.79. The van der Waals surface area contributed by atoms with Crippen molar-refractivity contribution in [1.29, 1.82) is 0 Å². The van der Waals surface area contributed by atoms with Gasteiger partial charge in [0, 0.05) is 65.3 Å². The van der Waals surface area contributed by atoms with Gasteiger partial charge in [-0.05, 0) is 6.42 Å². The molecule has 0 amide bonds. The van der Waals surface area contributed by atoms with Crippen molar-refractivity contribution in [1.82, 2.24) is 14.7 Å². The Kier molecular flexibility index (Phi) is 7.66. The van der Waals surface area contributed by atoms with Gasteiger partial charge < -0.3 is 15.2 Å². The zero-order valence-electron chi connectivity index (χ0n) is 12.2. The molecule has 110 valence electrons. The van der Waals surface area contributed by atoms with Crippen molar-refractivity contribution in [2.75, 3.05) is 47.1 Å². The number of aromatic nitrogens is 2. The van der Waals surface area contributed by atoms with E-state index in [1.165, 1.54) is 0 Å². The van der Waals surface area contributed by atoms with E-state index in [0.29, 0.717) is 6.61 Å². The standard InChI is InChI=1S/C13H26N4O2/c1-16-10-12(9-15-16)13(14)11-17(6-8-19-3)5-4-7-18-2/h9-10,13H,4-8,11,14H2,1-3H3. The highest BCUT2D eigenvalue weighted by atomic mass is 16.5. The average Bonchev–Trinajstić information content (AvgIpc) is 2.82. The second-order valence-electron chi connectivity index (χ2n) is 4.69. The summed E-state index contributed by atoms with van der Waals surface area (Å²) < 4.78 is 12.0. The van der Waals surface area contributed by atoms with E-state index >= 15 is 0 Å². The molecule has 1 rings (SSSR count). The molecule has 0 aliphatic carbocycles. The van der Waals surface area contributed by atoms with Gasteiger partial charge in [0.05, 0.1) is 12.8 Å². The SMILES string of the molecule is COCCCN(CCOC)CC(N)c1cnn(C)c1. The van der Waals surface area contributed by atoms with Crippen LogP contribution in [0, 0.1) is 0 Å². The third kappa shape index (κ3) is 6.15. The highest BCUT2D eigenvalue weighted by Gasteiger charge is 2.13. The van der Waals surface area contributed by atoms with Gasteiger partial charge in [0.2, 0.25) is 0 Å². The zero-order valence-corrected chi connectivity index (χ0v) is 12.2. The van der Waals surface area contributed by atoms with Crippen LogP contribution in [-0.2, 0) is 16.5 Å². The highest BCUT2D eigenvalue weighted by Crippen LogP contribution is 2.10. The largest absolute Gasteiger partial charge is 0.385 e. The van der Waals surface area contributed by atoms with Crippen LogP contribution in [-0.4, -0.2) is 61.7 Å². The fourth-order valence-corrected chi connectivity index (χ4v) is 1.96. The fourth-order valence-electron chi connectivity index (χ4n) is 1.96. The van der Waals surface area contributed by atoms with Crippen LogP contribution < -0.4 is 5.73 Å². The minimum Gasteiger partial charge on any atom is -0.385 e. The van der Waals surface area contributed by atoms with Crippen LogP contribution in [0.5, 0.6) is 0 Å². The number of methoxy groups -OCH3 is 2. The van der Waals surface area contributed by atoms with Crippen LogP contribution in [0.15, 0.2) is 12.4 Å². The van der Waals surface area contributed by atoms with Crippen LogP contribution in [0.4, 0.5) is 0 Å². The molecule has 0 bridgehead atoms. The first kappa shape index (κ1) is 16.1. The Hall–Kier alpha value is -0.950. The first-order valence-electron chi connectivity index (χ1n) is 6.61. The van der Waals surface area contributed by atoms with Crippen LogP contribution in [0.1, 0.15) is 18.0 Å². The minimum absolute atomic E-state index is 0.0203. The molecular formula is C13H26N4O2. The Morgan fingerprint density at radius 1 is 1.32 bits per heavy atom. The summed E-state index contributed by atoms with van der Waals surface area (Å²) in [4.78, 5) is 2.31. The Bertz CT molecular complexity index is 343. The number of ether oxygens (including phenoxy) is 2. The summed E-state index contributed by atoms with van der Waals surface area (Å²) in [6.45, 7) is 4.14. The maximum atomic E-state index is 6.22. The van der Waals surface area contributed by atoms with E-state index in [2.05, 4.69) is 10.00 Å². The van der Waals surface area contributed by atoms with E-state index in [1.54, 1.807) is 18.9 Å².